The Morgan fingerprint density at radius 3 is 2.63 bits per heavy atom. The second-order valence-corrected chi connectivity index (χ2v) is 8.56. The zero-order chi connectivity index (χ0) is 19.0. The topological polar surface area (TPSA) is 44.9 Å². The maximum atomic E-state index is 11.8. The fraction of sp³-hybridized carbons (Fsp3) is 0.350. The molecule has 0 bridgehead atoms. The van der Waals surface area contributed by atoms with Gasteiger partial charge in [-0.25, -0.2) is 9.48 Å². The minimum absolute atomic E-state index is 0.444. The first-order chi connectivity index (χ1) is 13.1. The van der Waals surface area contributed by atoms with Gasteiger partial charge in [-0.1, -0.05) is 15.9 Å². The minimum atomic E-state index is -1.16. The van der Waals surface area contributed by atoms with E-state index < -0.39 is 5.72 Å². The van der Waals surface area contributed by atoms with E-state index >= 15 is 0 Å². The number of hydrogen-bond donors (Lipinski definition) is 1. The molecule has 0 fully saturated rings. The first-order valence-corrected chi connectivity index (χ1v) is 10.6. The number of methoxy groups -OCH3 is 2. The highest BCUT2D eigenvalue weighted by Crippen LogP contribution is 2.41. The molecule has 27 heavy (non-hydrogen) atoms. The number of β-amino-alcohol motifs (C(OH)–C–C–N with tert-alkyl or cyclic N) is 1. The second-order valence-electron chi connectivity index (χ2n) is 6.58. The summed E-state index contributed by atoms with van der Waals surface area (Å²) < 4.78 is 14.1. The molecular formula is C20H22BrN2O3S+. The van der Waals surface area contributed by atoms with Crippen LogP contribution in [0.2, 0.25) is 0 Å². The summed E-state index contributed by atoms with van der Waals surface area (Å²) in [5, 5.41) is 12.9. The van der Waals surface area contributed by atoms with E-state index in [1.807, 2.05) is 30.3 Å². The molecule has 2 heterocycles. The fourth-order valence-corrected chi connectivity index (χ4v) is 5.13. The number of hydrogen-bond acceptors (Lipinski definition) is 5. The van der Waals surface area contributed by atoms with Crippen LogP contribution in [0.3, 0.4) is 0 Å². The Labute approximate surface area is 171 Å². The van der Waals surface area contributed by atoms with Crippen LogP contribution in [-0.2, 0) is 5.72 Å². The lowest BCUT2D eigenvalue weighted by Crippen LogP contribution is -2.41. The molecule has 2 aliphatic heterocycles. The normalized spacial score (nSPS) is 22.0. The molecule has 2 aliphatic rings. The third kappa shape index (κ3) is 3.22. The number of ether oxygens (including phenoxy) is 2. The van der Waals surface area contributed by atoms with Gasteiger partial charge in [0.2, 0.25) is 0 Å². The summed E-state index contributed by atoms with van der Waals surface area (Å²) in [6, 6.07) is 13.8. The van der Waals surface area contributed by atoms with Gasteiger partial charge in [0.05, 0.1) is 26.3 Å². The van der Waals surface area contributed by atoms with Crippen LogP contribution in [0.4, 0.5) is 5.69 Å². The van der Waals surface area contributed by atoms with Crippen molar-refractivity contribution in [1.82, 2.24) is 0 Å². The first kappa shape index (κ1) is 18.7. The average Bonchev–Trinajstić information content (AvgIpc) is 3.02. The van der Waals surface area contributed by atoms with Crippen molar-refractivity contribution in [3.8, 4) is 11.5 Å². The van der Waals surface area contributed by atoms with E-state index in [1.165, 1.54) is 0 Å². The summed E-state index contributed by atoms with van der Waals surface area (Å²) in [6.07, 6.45) is 1.03. The van der Waals surface area contributed by atoms with E-state index in [0.717, 1.165) is 39.6 Å². The number of rotatable bonds is 4. The van der Waals surface area contributed by atoms with Gasteiger partial charge < -0.3 is 14.6 Å². The summed E-state index contributed by atoms with van der Waals surface area (Å²) in [4.78, 5) is 2.19. The molecule has 0 radical (unpaired) electrons. The molecule has 0 aliphatic carbocycles. The largest absolute Gasteiger partial charge is 0.497 e. The standard InChI is InChI=1S/C20H22BrN2O3S/c1-25-16-8-9-17(18(12-16)26-2)20(24)13-22(15-6-4-14(21)5-7-15)19-23(20)10-3-11-27-19/h4-9,12,24H,3,10-11,13H2,1-2H3/q+1. The number of benzene rings is 2. The molecule has 7 heteroatoms. The van der Waals surface area contributed by atoms with E-state index in [-0.39, 0.29) is 0 Å². The summed E-state index contributed by atoms with van der Waals surface area (Å²) in [7, 11) is 3.25. The molecule has 0 spiro atoms. The van der Waals surface area contributed by atoms with Gasteiger partial charge in [0.25, 0.3) is 5.72 Å². The molecule has 1 unspecified atom stereocenters. The van der Waals surface area contributed by atoms with Gasteiger partial charge in [-0.2, -0.15) is 0 Å². The Bertz CT molecular complexity index is 887. The van der Waals surface area contributed by atoms with Gasteiger partial charge in [0, 0.05) is 16.3 Å². The van der Waals surface area contributed by atoms with Gasteiger partial charge in [-0.15, -0.1) is 0 Å². The van der Waals surface area contributed by atoms with Crippen LogP contribution in [0.25, 0.3) is 0 Å². The van der Waals surface area contributed by atoms with Crippen molar-refractivity contribution >= 4 is 38.5 Å². The summed E-state index contributed by atoms with van der Waals surface area (Å²) in [5.41, 5.74) is 0.661. The molecule has 0 amide bonds. The van der Waals surface area contributed by atoms with Crippen LogP contribution in [0.15, 0.2) is 46.9 Å². The third-order valence-corrected chi connectivity index (χ3v) is 6.74. The van der Waals surface area contributed by atoms with Crippen LogP contribution >= 0.6 is 27.7 Å². The maximum absolute atomic E-state index is 11.8. The number of anilines is 1. The van der Waals surface area contributed by atoms with Crippen LogP contribution in [0.1, 0.15) is 12.0 Å². The lowest BCUT2D eigenvalue weighted by atomic mass is 10.0. The summed E-state index contributed by atoms with van der Waals surface area (Å²) in [5.74, 6) is 2.39. The molecule has 0 aromatic heterocycles. The Kier molecular flexibility index (Phi) is 5.09. The highest BCUT2D eigenvalue weighted by Gasteiger charge is 2.54. The predicted octanol–water partition coefficient (Wildman–Crippen LogP) is 3.64. The molecular weight excluding hydrogens is 428 g/mol. The molecule has 2 aromatic rings. The number of nitrogens with zero attached hydrogens (tertiary/aromatic N) is 2. The number of aliphatic hydroxyl groups is 1. The fourth-order valence-electron chi connectivity index (χ4n) is 3.68. The lowest BCUT2D eigenvalue weighted by molar-refractivity contribution is -0.656. The van der Waals surface area contributed by atoms with Crippen LogP contribution < -0.4 is 14.4 Å². The van der Waals surface area contributed by atoms with Crippen LogP contribution in [-0.4, -0.2) is 47.9 Å². The Morgan fingerprint density at radius 2 is 1.93 bits per heavy atom. The SMILES string of the molecule is COc1ccc(C2(O)CN(c3ccc(Br)cc3)C3=[N+]2CCCS3)c(OC)c1. The van der Waals surface area contributed by atoms with Crippen molar-refractivity contribution in [2.45, 2.75) is 12.1 Å². The van der Waals surface area contributed by atoms with E-state index in [1.54, 1.807) is 26.0 Å². The second kappa shape index (κ2) is 7.37. The van der Waals surface area contributed by atoms with Gasteiger partial charge in [0.1, 0.15) is 17.2 Å². The molecule has 0 saturated heterocycles. The first-order valence-electron chi connectivity index (χ1n) is 8.82. The third-order valence-electron chi connectivity index (χ3n) is 5.02. The van der Waals surface area contributed by atoms with Crippen LogP contribution in [0, 0.1) is 0 Å². The smallest absolute Gasteiger partial charge is 0.316 e. The maximum Gasteiger partial charge on any atom is 0.316 e. The highest BCUT2D eigenvalue weighted by atomic mass is 79.9. The lowest BCUT2D eigenvalue weighted by Gasteiger charge is -2.26. The Balaban J connectivity index is 1.81. The molecule has 5 nitrogen and oxygen atoms in total. The van der Waals surface area contributed by atoms with Crippen molar-refractivity contribution in [2.75, 3.05) is 38.0 Å². The minimum Gasteiger partial charge on any atom is -0.497 e. The summed E-state index contributed by atoms with van der Waals surface area (Å²) >= 11 is 5.29. The Morgan fingerprint density at radius 1 is 1.15 bits per heavy atom. The van der Waals surface area contributed by atoms with Crippen LogP contribution in [0.5, 0.6) is 11.5 Å². The van der Waals surface area contributed by atoms with Crippen molar-refractivity contribution in [3.05, 3.63) is 52.5 Å². The summed E-state index contributed by atoms with van der Waals surface area (Å²) in [6.45, 7) is 1.25. The van der Waals surface area contributed by atoms with Gasteiger partial charge >= 0.3 is 5.17 Å². The molecule has 0 saturated carbocycles. The molecule has 142 valence electrons. The molecule has 1 N–H and O–H groups in total. The van der Waals surface area contributed by atoms with E-state index in [9.17, 15) is 5.11 Å². The van der Waals surface area contributed by atoms with E-state index in [2.05, 4.69) is 37.5 Å². The monoisotopic (exact) mass is 449 g/mol. The number of amidine groups is 1. The van der Waals surface area contributed by atoms with Crippen molar-refractivity contribution in [1.29, 1.82) is 0 Å². The molecule has 1 atom stereocenters. The quantitative estimate of drug-likeness (QED) is 0.721. The molecule has 4 rings (SSSR count). The highest BCUT2D eigenvalue weighted by molar-refractivity contribution is 9.10. The Hall–Kier alpha value is -1.70. The van der Waals surface area contributed by atoms with Crippen molar-refractivity contribution < 1.29 is 19.2 Å². The number of halogens is 1. The predicted molar refractivity (Wildman–Crippen MR) is 112 cm³/mol. The van der Waals surface area contributed by atoms with Gasteiger partial charge in [0.15, 0.2) is 6.54 Å². The van der Waals surface area contributed by atoms with Crippen molar-refractivity contribution in [3.63, 3.8) is 0 Å². The zero-order valence-electron chi connectivity index (χ0n) is 15.3. The van der Waals surface area contributed by atoms with E-state index in [4.69, 9.17) is 9.47 Å². The molecule has 2 aromatic carbocycles. The average molecular weight is 450 g/mol. The van der Waals surface area contributed by atoms with Gasteiger partial charge in [-0.05, 0) is 54.6 Å². The zero-order valence-corrected chi connectivity index (χ0v) is 17.7. The number of thioether (sulfide) groups is 1. The van der Waals surface area contributed by atoms with Gasteiger partial charge in [-0.3, -0.25) is 0 Å². The van der Waals surface area contributed by atoms with Crippen molar-refractivity contribution in [2.24, 2.45) is 0 Å². The van der Waals surface area contributed by atoms with E-state index in [0.29, 0.717) is 18.0 Å².